The van der Waals surface area contributed by atoms with Crippen molar-refractivity contribution in [1.82, 2.24) is 9.80 Å². The minimum atomic E-state index is -0.159. The van der Waals surface area contributed by atoms with E-state index in [-0.39, 0.29) is 28.7 Å². The lowest BCUT2D eigenvalue weighted by Gasteiger charge is -2.61. The van der Waals surface area contributed by atoms with Crippen molar-refractivity contribution in [2.24, 2.45) is 5.41 Å². The van der Waals surface area contributed by atoms with Crippen LogP contribution >= 0.6 is 0 Å². The number of amides is 2. The van der Waals surface area contributed by atoms with Crippen molar-refractivity contribution in [2.75, 3.05) is 19.6 Å². The Balaban J connectivity index is 2.00. The summed E-state index contributed by atoms with van der Waals surface area (Å²) in [6, 6.07) is 5.51. The Hall–Kier alpha value is -1.58. The zero-order valence-electron chi connectivity index (χ0n) is 16.2. The fourth-order valence-corrected chi connectivity index (χ4v) is 4.94. The van der Waals surface area contributed by atoms with Gasteiger partial charge >= 0.3 is 6.03 Å². The number of piperidine rings is 1. The smallest absolute Gasteiger partial charge is 0.320 e. The third kappa shape index (κ3) is 2.65. The molecule has 0 spiro atoms. The van der Waals surface area contributed by atoms with Crippen LogP contribution in [0.5, 0.6) is 0 Å². The van der Waals surface area contributed by atoms with Crippen LogP contribution in [0, 0.1) is 11.2 Å². The van der Waals surface area contributed by atoms with Gasteiger partial charge in [-0.25, -0.2) is 9.18 Å². The molecular weight excluding hydrogens is 315 g/mol. The molecule has 25 heavy (non-hydrogen) atoms. The number of nitrogens with zero attached hydrogens (tertiary/aromatic N) is 2. The average Bonchev–Trinajstić information content (AvgIpc) is 2.56. The van der Waals surface area contributed by atoms with E-state index < -0.39 is 0 Å². The van der Waals surface area contributed by atoms with Crippen molar-refractivity contribution in [3.05, 3.63) is 35.1 Å². The van der Waals surface area contributed by atoms with Gasteiger partial charge in [0.1, 0.15) is 5.82 Å². The average molecular weight is 346 g/mol. The quantitative estimate of drug-likeness (QED) is 0.785. The Morgan fingerprint density at radius 1 is 1.32 bits per heavy atom. The molecule has 0 N–H and O–H groups in total. The molecule has 2 aliphatic rings. The van der Waals surface area contributed by atoms with Crippen LogP contribution in [0.2, 0.25) is 0 Å². The molecular formula is C21H31FN2O. The minimum absolute atomic E-state index is 0.0900. The Labute approximate surface area is 151 Å². The minimum Gasteiger partial charge on any atom is -0.325 e. The van der Waals surface area contributed by atoms with Crippen molar-refractivity contribution in [3.63, 3.8) is 0 Å². The largest absolute Gasteiger partial charge is 0.325 e. The lowest BCUT2D eigenvalue weighted by Crippen LogP contribution is -2.66. The highest BCUT2D eigenvalue weighted by atomic mass is 19.1. The number of hydrogen-bond donors (Lipinski definition) is 0. The van der Waals surface area contributed by atoms with E-state index in [1.54, 1.807) is 12.1 Å². The Bertz CT molecular complexity index is 672. The van der Waals surface area contributed by atoms with E-state index in [1.165, 1.54) is 5.56 Å². The van der Waals surface area contributed by atoms with E-state index >= 15 is 0 Å². The van der Waals surface area contributed by atoms with Crippen molar-refractivity contribution in [2.45, 2.75) is 65.3 Å². The van der Waals surface area contributed by atoms with Crippen LogP contribution < -0.4 is 0 Å². The van der Waals surface area contributed by atoms with Gasteiger partial charge in [0.15, 0.2) is 0 Å². The van der Waals surface area contributed by atoms with E-state index in [1.807, 2.05) is 17.9 Å². The van der Waals surface area contributed by atoms with Crippen LogP contribution in [0.4, 0.5) is 9.18 Å². The van der Waals surface area contributed by atoms with Gasteiger partial charge in [0.2, 0.25) is 0 Å². The number of carbonyl (C=O) groups is 1. The van der Waals surface area contributed by atoms with Crippen molar-refractivity contribution < 1.29 is 9.18 Å². The molecule has 2 unspecified atom stereocenters. The fraction of sp³-hybridized carbons (Fsp3) is 0.667. The predicted octanol–water partition coefficient (Wildman–Crippen LogP) is 4.59. The molecule has 2 amide bonds. The number of halogens is 1. The molecule has 3 nitrogen and oxygen atoms in total. The topological polar surface area (TPSA) is 23.6 Å². The predicted molar refractivity (Wildman–Crippen MR) is 99.3 cm³/mol. The zero-order valence-corrected chi connectivity index (χ0v) is 16.2. The van der Waals surface area contributed by atoms with E-state index in [4.69, 9.17) is 0 Å². The van der Waals surface area contributed by atoms with Gasteiger partial charge in [-0.05, 0) is 54.9 Å². The SMILES string of the molecule is CCCN(CC)C(=O)N1CCC2(C)c3cc(F)ccc3CC1C2(C)C. The Kier molecular flexibility index (Phi) is 4.59. The summed E-state index contributed by atoms with van der Waals surface area (Å²) in [7, 11) is 0. The van der Waals surface area contributed by atoms with Gasteiger partial charge in [-0.1, -0.05) is 33.8 Å². The third-order valence-corrected chi connectivity index (χ3v) is 6.96. The van der Waals surface area contributed by atoms with Crippen LogP contribution in [0.15, 0.2) is 18.2 Å². The highest BCUT2D eigenvalue weighted by Gasteiger charge is 2.57. The summed E-state index contributed by atoms with van der Waals surface area (Å²) in [5, 5.41) is 0. The van der Waals surface area contributed by atoms with Gasteiger partial charge in [-0.15, -0.1) is 0 Å². The second-order valence-corrected chi connectivity index (χ2v) is 8.38. The van der Waals surface area contributed by atoms with Crippen LogP contribution in [0.25, 0.3) is 0 Å². The van der Waals surface area contributed by atoms with Gasteiger partial charge < -0.3 is 9.80 Å². The summed E-state index contributed by atoms with van der Waals surface area (Å²) in [6.07, 6.45) is 2.66. The molecule has 1 aliphatic heterocycles. The normalized spacial score (nSPS) is 27.0. The molecule has 0 radical (unpaired) electrons. The van der Waals surface area contributed by atoms with E-state index in [9.17, 15) is 9.18 Å². The third-order valence-electron chi connectivity index (χ3n) is 6.96. The molecule has 1 fully saturated rings. The number of urea groups is 1. The summed E-state index contributed by atoms with van der Waals surface area (Å²) in [6.45, 7) is 13.2. The Morgan fingerprint density at radius 3 is 2.68 bits per heavy atom. The van der Waals surface area contributed by atoms with E-state index in [2.05, 4.69) is 32.6 Å². The second kappa shape index (κ2) is 6.30. The first-order chi connectivity index (χ1) is 11.8. The lowest BCUT2D eigenvalue weighted by atomic mass is 9.51. The first-order valence-electron chi connectivity index (χ1n) is 9.60. The maximum atomic E-state index is 13.9. The maximum absolute atomic E-state index is 13.9. The highest BCUT2D eigenvalue weighted by Crippen LogP contribution is 2.56. The number of benzene rings is 1. The number of likely N-dealkylation sites (tertiary alicyclic amines) is 1. The summed E-state index contributed by atoms with van der Waals surface area (Å²) in [4.78, 5) is 17.2. The molecule has 2 bridgehead atoms. The molecule has 2 atom stereocenters. The van der Waals surface area contributed by atoms with Gasteiger partial charge in [0.05, 0.1) is 0 Å². The second-order valence-electron chi connectivity index (χ2n) is 8.38. The summed E-state index contributed by atoms with van der Waals surface area (Å²) in [5.41, 5.74) is 2.14. The fourth-order valence-electron chi connectivity index (χ4n) is 4.94. The molecule has 4 heteroatoms. The molecule has 1 aromatic carbocycles. The molecule has 1 saturated heterocycles. The number of carbonyl (C=O) groups excluding carboxylic acids is 1. The van der Waals surface area contributed by atoms with Gasteiger partial charge in [-0.3, -0.25) is 0 Å². The number of hydrogen-bond acceptors (Lipinski definition) is 1. The summed E-state index contributed by atoms with van der Waals surface area (Å²) >= 11 is 0. The monoisotopic (exact) mass is 346 g/mol. The standard InChI is InChI=1S/C21H31FN2O/c1-6-11-23(7-2)19(25)24-12-10-21(5)17-14-16(22)9-8-15(17)13-18(24)20(21,3)4/h8-9,14,18H,6-7,10-13H2,1-5H3. The molecule has 1 heterocycles. The number of fused-ring (bicyclic) bond motifs is 4. The van der Waals surface area contributed by atoms with Crippen LogP contribution in [-0.4, -0.2) is 41.5 Å². The summed E-state index contributed by atoms with van der Waals surface area (Å²) < 4.78 is 13.9. The summed E-state index contributed by atoms with van der Waals surface area (Å²) in [5.74, 6) is -0.159. The molecule has 0 saturated carbocycles. The van der Waals surface area contributed by atoms with Crippen molar-refractivity contribution in [3.8, 4) is 0 Å². The lowest BCUT2D eigenvalue weighted by molar-refractivity contribution is -0.0232. The molecule has 1 aromatic rings. The van der Waals surface area contributed by atoms with Crippen molar-refractivity contribution in [1.29, 1.82) is 0 Å². The van der Waals surface area contributed by atoms with Crippen LogP contribution in [0.1, 0.15) is 58.6 Å². The van der Waals surface area contributed by atoms with Gasteiger partial charge in [0, 0.05) is 31.1 Å². The first-order valence-corrected chi connectivity index (χ1v) is 9.60. The maximum Gasteiger partial charge on any atom is 0.320 e. The van der Waals surface area contributed by atoms with Crippen LogP contribution in [-0.2, 0) is 11.8 Å². The molecule has 138 valence electrons. The van der Waals surface area contributed by atoms with Crippen molar-refractivity contribution >= 4 is 6.03 Å². The molecule has 0 aromatic heterocycles. The first kappa shape index (κ1) is 18.2. The van der Waals surface area contributed by atoms with Crippen LogP contribution in [0.3, 0.4) is 0 Å². The zero-order chi connectivity index (χ0) is 18.4. The molecule has 1 aliphatic carbocycles. The van der Waals surface area contributed by atoms with E-state index in [0.29, 0.717) is 0 Å². The highest BCUT2D eigenvalue weighted by molar-refractivity contribution is 5.75. The Morgan fingerprint density at radius 2 is 2.04 bits per heavy atom. The number of rotatable bonds is 3. The van der Waals surface area contributed by atoms with Gasteiger partial charge in [-0.2, -0.15) is 0 Å². The van der Waals surface area contributed by atoms with Gasteiger partial charge in [0.25, 0.3) is 0 Å². The van der Waals surface area contributed by atoms with E-state index in [0.717, 1.165) is 44.5 Å². The molecule has 3 rings (SSSR count).